The van der Waals surface area contributed by atoms with Gasteiger partial charge in [-0.1, -0.05) is 6.08 Å². The highest BCUT2D eigenvalue weighted by Gasteiger charge is 2.35. The third-order valence-corrected chi connectivity index (χ3v) is 3.90. The van der Waals surface area contributed by atoms with Gasteiger partial charge in [-0.2, -0.15) is 24.5 Å². The Bertz CT molecular complexity index is 411. The van der Waals surface area contributed by atoms with Crippen LogP contribution in [0.5, 0.6) is 0 Å². The molecule has 1 aromatic heterocycles. The minimum Gasteiger partial charge on any atom is -0.329 e. The number of thiophene rings is 1. The van der Waals surface area contributed by atoms with E-state index in [1.54, 1.807) is 11.3 Å². The molecule has 100 valence electrons. The Kier molecular flexibility index (Phi) is 4.09. The zero-order valence-electron chi connectivity index (χ0n) is 9.78. The van der Waals surface area contributed by atoms with Crippen molar-refractivity contribution in [3.8, 4) is 0 Å². The number of halogens is 3. The van der Waals surface area contributed by atoms with Gasteiger partial charge < -0.3 is 5.73 Å². The van der Waals surface area contributed by atoms with Gasteiger partial charge in [0.15, 0.2) is 0 Å². The summed E-state index contributed by atoms with van der Waals surface area (Å²) in [5.74, 6) is 0. The van der Waals surface area contributed by atoms with E-state index >= 15 is 0 Å². The normalized spacial score (nSPS) is 19.7. The van der Waals surface area contributed by atoms with E-state index < -0.39 is 11.7 Å². The zero-order chi connectivity index (χ0) is 13.2. The van der Waals surface area contributed by atoms with Crippen LogP contribution in [0.3, 0.4) is 0 Å². The van der Waals surface area contributed by atoms with E-state index in [9.17, 15) is 13.2 Å². The lowest BCUT2D eigenvalue weighted by atomic mass is 10.0. The van der Waals surface area contributed by atoms with Crippen LogP contribution in [-0.2, 0) is 0 Å². The molecule has 6 heteroatoms. The van der Waals surface area contributed by atoms with Gasteiger partial charge >= 0.3 is 6.18 Å². The molecule has 0 fully saturated rings. The molecule has 0 saturated carbocycles. The molecule has 0 radical (unpaired) electrons. The molecule has 1 atom stereocenters. The smallest absolute Gasteiger partial charge is 0.329 e. The molecular formula is C12H15F3N2S. The Morgan fingerprint density at radius 2 is 2.22 bits per heavy atom. The molecule has 0 aromatic carbocycles. The van der Waals surface area contributed by atoms with Crippen LogP contribution in [0.1, 0.15) is 18.0 Å². The summed E-state index contributed by atoms with van der Waals surface area (Å²) in [7, 11) is 0. The first kappa shape index (κ1) is 13.6. The molecule has 18 heavy (non-hydrogen) atoms. The van der Waals surface area contributed by atoms with E-state index in [2.05, 4.69) is 0 Å². The summed E-state index contributed by atoms with van der Waals surface area (Å²) < 4.78 is 37.5. The van der Waals surface area contributed by atoms with Gasteiger partial charge in [0.25, 0.3) is 0 Å². The van der Waals surface area contributed by atoms with Gasteiger partial charge in [0, 0.05) is 31.2 Å². The Balaban J connectivity index is 2.07. The fraction of sp³-hybridized carbons (Fsp3) is 0.500. The lowest BCUT2D eigenvalue weighted by Crippen LogP contribution is -2.38. The second-order valence-electron chi connectivity index (χ2n) is 4.28. The molecule has 2 N–H and O–H groups in total. The number of hydrogen-bond donors (Lipinski definition) is 1. The fourth-order valence-electron chi connectivity index (χ4n) is 2.19. The van der Waals surface area contributed by atoms with E-state index in [4.69, 9.17) is 5.73 Å². The SMILES string of the molecule is NCC(c1ccsc1)N1CC=C(C(F)(F)F)CC1. The average Bonchev–Trinajstić information content (AvgIpc) is 2.83. The maximum Gasteiger partial charge on any atom is 0.412 e. The molecule has 0 spiro atoms. The van der Waals surface area contributed by atoms with Crippen molar-refractivity contribution in [3.63, 3.8) is 0 Å². The number of alkyl halides is 3. The lowest BCUT2D eigenvalue weighted by Gasteiger charge is -2.33. The van der Waals surface area contributed by atoms with E-state index in [0.29, 0.717) is 19.6 Å². The molecule has 1 aliphatic heterocycles. The molecular weight excluding hydrogens is 261 g/mol. The lowest BCUT2D eigenvalue weighted by molar-refractivity contribution is -0.0964. The summed E-state index contributed by atoms with van der Waals surface area (Å²) in [6.45, 7) is 1.14. The number of nitrogens with two attached hydrogens (primary N) is 1. The molecule has 1 aromatic rings. The molecule has 2 heterocycles. The van der Waals surface area contributed by atoms with Crippen molar-refractivity contribution in [2.24, 2.45) is 5.73 Å². The second-order valence-corrected chi connectivity index (χ2v) is 5.06. The fourth-order valence-corrected chi connectivity index (χ4v) is 2.89. The molecule has 0 saturated heterocycles. The van der Waals surface area contributed by atoms with Gasteiger partial charge in [-0.05, 0) is 28.8 Å². The summed E-state index contributed by atoms with van der Waals surface area (Å²) in [6, 6.07) is 1.99. The monoisotopic (exact) mass is 276 g/mol. The Labute approximate surface area is 108 Å². The molecule has 1 unspecified atom stereocenters. The van der Waals surface area contributed by atoms with E-state index in [-0.39, 0.29) is 12.5 Å². The first-order chi connectivity index (χ1) is 8.52. The quantitative estimate of drug-likeness (QED) is 0.860. The molecule has 1 aliphatic rings. The van der Waals surface area contributed by atoms with E-state index in [1.165, 1.54) is 6.08 Å². The topological polar surface area (TPSA) is 29.3 Å². The summed E-state index contributed by atoms with van der Waals surface area (Å²) in [6.07, 6.45) is -2.87. The third-order valence-electron chi connectivity index (χ3n) is 3.20. The van der Waals surface area contributed by atoms with E-state index in [0.717, 1.165) is 5.56 Å². The van der Waals surface area contributed by atoms with Gasteiger partial charge in [0.1, 0.15) is 0 Å². The minimum absolute atomic E-state index is 0.0160. The van der Waals surface area contributed by atoms with Gasteiger partial charge in [-0.15, -0.1) is 0 Å². The van der Waals surface area contributed by atoms with Crippen LogP contribution >= 0.6 is 11.3 Å². The highest BCUT2D eigenvalue weighted by molar-refractivity contribution is 7.07. The first-order valence-electron chi connectivity index (χ1n) is 5.75. The van der Waals surface area contributed by atoms with Gasteiger partial charge in [0.05, 0.1) is 0 Å². The standard InChI is InChI=1S/C12H15F3N2S/c13-12(14,15)10-1-4-17(5-2-10)11(7-16)9-3-6-18-8-9/h1,3,6,8,11H,2,4-5,7,16H2. The minimum atomic E-state index is -4.19. The average molecular weight is 276 g/mol. The summed E-state index contributed by atoms with van der Waals surface area (Å²) >= 11 is 1.57. The Morgan fingerprint density at radius 1 is 1.44 bits per heavy atom. The van der Waals surface area contributed by atoms with Gasteiger partial charge in [-0.25, -0.2) is 0 Å². The third kappa shape index (κ3) is 2.93. The van der Waals surface area contributed by atoms with Gasteiger partial charge in [-0.3, -0.25) is 4.90 Å². The number of rotatable bonds is 3. The molecule has 0 amide bonds. The van der Waals surface area contributed by atoms with Crippen LogP contribution in [-0.4, -0.2) is 30.7 Å². The predicted octanol–water partition coefficient (Wildman–Crippen LogP) is 2.94. The number of nitrogens with zero attached hydrogens (tertiary/aromatic N) is 1. The summed E-state index contributed by atoms with van der Waals surface area (Å²) in [5.41, 5.74) is 6.41. The largest absolute Gasteiger partial charge is 0.412 e. The van der Waals surface area contributed by atoms with Crippen molar-refractivity contribution >= 4 is 11.3 Å². The van der Waals surface area contributed by atoms with Crippen LogP contribution in [0.15, 0.2) is 28.5 Å². The predicted molar refractivity (Wildman–Crippen MR) is 66.4 cm³/mol. The van der Waals surface area contributed by atoms with Crippen molar-refractivity contribution in [2.45, 2.75) is 18.6 Å². The van der Waals surface area contributed by atoms with Crippen molar-refractivity contribution < 1.29 is 13.2 Å². The maximum absolute atomic E-state index is 12.5. The zero-order valence-corrected chi connectivity index (χ0v) is 10.6. The molecule has 2 rings (SSSR count). The Morgan fingerprint density at radius 3 is 2.67 bits per heavy atom. The van der Waals surface area contributed by atoms with Gasteiger partial charge in [0.2, 0.25) is 0 Å². The summed E-state index contributed by atoms with van der Waals surface area (Å²) in [4.78, 5) is 2.00. The van der Waals surface area contributed by atoms with E-state index in [1.807, 2.05) is 21.7 Å². The number of hydrogen-bond acceptors (Lipinski definition) is 3. The van der Waals surface area contributed by atoms with Crippen LogP contribution < -0.4 is 5.73 Å². The highest BCUT2D eigenvalue weighted by Crippen LogP contribution is 2.32. The molecule has 0 bridgehead atoms. The van der Waals surface area contributed by atoms with Crippen molar-refractivity contribution in [1.29, 1.82) is 0 Å². The highest BCUT2D eigenvalue weighted by atomic mass is 32.1. The van der Waals surface area contributed by atoms with Crippen LogP contribution in [0.25, 0.3) is 0 Å². The summed E-state index contributed by atoms with van der Waals surface area (Å²) in [5, 5.41) is 3.96. The molecule has 0 aliphatic carbocycles. The van der Waals surface area contributed by atoms with Crippen LogP contribution in [0.2, 0.25) is 0 Å². The van der Waals surface area contributed by atoms with Crippen molar-refractivity contribution in [1.82, 2.24) is 4.90 Å². The Hall–Kier alpha value is -0.850. The van der Waals surface area contributed by atoms with Crippen molar-refractivity contribution in [3.05, 3.63) is 34.0 Å². The van der Waals surface area contributed by atoms with Crippen molar-refractivity contribution in [2.75, 3.05) is 19.6 Å². The van der Waals surface area contributed by atoms with Crippen LogP contribution in [0, 0.1) is 0 Å². The second kappa shape index (κ2) is 5.42. The first-order valence-corrected chi connectivity index (χ1v) is 6.69. The molecule has 2 nitrogen and oxygen atoms in total. The van der Waals surface area contributed by atoms with Crippen LogP contribution in [0.4, 0.5) is 13.2 Å². The maximum atomic E-state index is 12.5.